The highest BCUT2D eigenvalue weighted by Gasteiger charge is 2.46. The highest BCUT2D eigenvalue weighted by Crippen LogP contribution is 2.55. The Labute approximate surface area is 321 Å². The van der Waals surface area contributed by atoms with Crippen LogP contribution >= 0.6 is 0 Å². The summed E-state index contributed by atoms with van der Waals surface area (Å²) in [6.45, 7) is 9.61. The molecule has 0 aliphatic heterocycles. The van der Waals surface area contributed by atoms with Crippen LogP contribution in [0.1, 0.15) is 38.8 Å². The van der Waals surface area contributed by atoms with Gasteiger partial charge < -0.3 is 4.57 Å². The third-order valence-electron chi connectivity index (χ3n) is 12.2. The predicted octanol–water partition coefficient (Wildman–Crippen LogP) is 12.9. The minimum absolute atomic E-state index is 0.0523. The minimum Gasteiger partial charge on any atom is -0.309 e. The first-order valence-corrected chi connectivity index (χ1v) is 19.0. The SMILES string of the molecule is CC1(C)c2ccccc2-c2cc3c(cc2C1(C)C)c1ccccc1n3-c1cc(-c2ccccc2)cc(-c2nc(-c3ccccc3)nc(-c3ccccc3)n2)c1. The highest BCUT2D eigenvalue weighted by atomic mass is 15.0. The van der Waals surface area contributed by atoms with Gasteiger partial charge in [0, 0.05) is 33.2 Å². The Morgan fingerprint density at radius 1 is 0.364 bits per heavy atom. The molecule has 0 saturated heterocycles. The molecule has 55 heavy (non-hydrogen) atoms. The standard InChI is InChI=1S/C51H40N4/c1-50(2)43-26-16-14-24-39(43)41-32-46-42(31-44(41)51(50,3)4)40-25-15-17-27-45(40)55(46)38-29-36(33-18-8-5-9-19-33)28-37(30-38)49-53-47(34-20-10-6-11-21-34)52-48(54-49)35-22-12-7-13-23-35/h5-32H,1-4H3. The van der Waals surface area contributed by atoms with Gasteiger partial charge in [-0.05, 0) is 80.6 Å². The van der Waals surface area contributed by atoms with Crippen LogP contribution in [0.2, 0.25) is 0 Å². The third-order valence-corrected chi connectivity index (χ3v) is 12.2. The van der Waals surface area contributed by atoms with E-state index < -0.39 is 0 Å². The molecule has 0 amide bonds. The average molecular weight is 709 g/mol. The lowest BCUT2D eigenvalue weighted by atomic mass is 9.55. The molecule has 4 heteroatoms. The summed E-state index contributed by atoms with van der Waals surface area (Å²) in [6.07, 6.45) is 0. The van der Waals surface area contributed by atoms with Gasteiger partial charge in [0.25, 0.3) is 0 Å². The number of nitrogens with zero attached hydrogens (tertiary/aromatic N) is 4. The second-order valence-corrected chi connectivity index (χ2v) is 15.7. The van der Waals surface area contributed by atoms with Gasteiger partial charge in [-0.25, -0.2) is 15.0 Å². The van der Waals surface area contributed by atoms with E-state index in [2.05, 4.69) is 166 Å². The summed E-state index contributed by atoms with van der Waals surface area (Å²) in [5.74, 6) is 1.91. The Hall–Kier alpha value is -6.65. The fourth-order valence-corrected chi connectivity index (χ4v) is 8.57. The number of hydrogen-bond acceptors (Lipinski definition) is 3. The van der Waals surface area contributed by atoms with E-state index in [-0.39, 0.29) is 10.8 Å². The summed E-state index contributed by atoms with van der Waals surface area (Å²) in [5, 5.41) is 2.49. The lowest BCUT2D eigenvalue weighted by Gasteiger charge is -2.48. The molecule has 264 valence electrons. The van der Waals surface area contributed by atoms with E-state index in [1.54, 1.807) is 0 Å². The van der Waals surface area contributed by atoms with Crippen molar-refractivity contribution in [1.82, 2.24) is 19.5 Å². The van der Waals surface area contributed by atoms with Crippen molar-refractivity contribution in [2.45, 2.75) is 38.5 Å². The van der Waals surface area contributed by atoms with E-state index in [1.807, 2.05) is 36.4 Å². The van der Waals surface area contributed by atoms with Crippen molar-refractivity contribution in [3.8, 4) is 62.1 Å². The van der Waals surface area contributed by atoms with Crippen molar-refractivity contribution >= 4 is 21.8 Å². The van der Waals surface area contributed by atoms with E-state index >= 15 is 0 Å². The number of para-hydroxylation sites is 1. The quantitative estimate of drug-likeness (QED) is 0.179. The summed E-state index contributed by atoms with van der Waals surface area (Å²) in [6, 6.07) is 60.4. The maximum absolute atomic E-state index is 5.16. The fourth-order valence-electron chi connectivity index (χ4n) is 8.57. The van der Waals surface area contributed by atoms with Crippen LogP contribution in [-0.4, -0.2) is 19.5 Å². The zero-order valence-corrected chi connectivity index (χ0v) is 31.5. The van der Waals surface area contributed by atoms with E-state index in [0.717, 1.165) is 39.0 Å². The normalized spacial score (nSPS) is 14.1. The third kappa shape index (κ3) is 5.24. The zero-order chi connectivity index (χ0) is 37.3. The molecule has 0 atom stereocenters. The maximum Gasteiger partial charge on any atom is 0.164 e. The van der Waals surface area contributed by atoms with Crippen LogP contribution in [0.15, 0.2) is 170 Å². The number of fused-ring (bicyclic) bond motifs is 6. The number of aromatic nitrogens is 4. The first-order valence-electron chi connectivity index (χ1n) is 19.0. The van der Waals surface area contributed by atoms with Crippen molar-refractivity contribution in [2.24, 2.45) is 0 Å². The molecule has 1 aliphatic rings. The van der Waals surface area contributed by atoms with Gasteiger partial charge in [0.15, 0.2) is 17.5 Å². The molecule has 0 bridgehead atoms. The van der Waals surface area contributed by atoms with Crippen LogP contribution in [0.25, 0.3) is 83.9 Å². The second-order valence-electron chi connectivity index (χ2n) is 15.7. The summed E-state index contributed by atoms with van der Waals surface area (Å²) >= 11 is 0. The summed E-state index contributed by atoms with van der Waals surface area (Å²) < 4.78 is 2.44. The monoisotopic (exact) mass is 708 g/mol. The lowest BCUT2D eigenvalue weighted by molar-refractivity contribution is 0.299. The van der Waals surface area contributed by atoms with Gasteiger partial charge in [0.1, 0.15) is 0 Å². The number of benzene rings is 7. The van der Waals surface area contributed by atoms with Gasteiger partial charge in [-0.1, -0.05) is 161 Å². The zero-order valence-electron chi connectivity index (χ0n) is 31.5. The van der Waals surface area contributed by atoms with E-state index in [0.29, 0.717) is 17.5 Å². The first kappa shape index (κ1) is 33.0. The topological polar surface area (TPSA) is 43.6 Å². The highest BCUT2D eigenvalue weighted by molar-refractivity contribution is 6.11. The second kappa shape index (κ2) is 12.5. The van der Waals surface area contributed by atoms with Gasteiger partial charge >= 0.3 is 0 Å². The van der Waals surface area contributed by atoms with E-state index in [4.69, 9.17) is 15.0 Å². The van der Waals surface area contributed by atoms with Gasteiger partial charge in [-0.15, -0.1) is 0 Å². The molecular weight excluding hydrogens is 669 g/mol. The largest absolute Gasteiger partial charge is 0.309 e. The van der Waals surface area contributed by atoms with Gasteiger partial charge in [-0.3, -0.25) is 0 Å². The summed E-state index contributed by atoms with van der Waals surface area (Å²) in [5.41, 5.74) is 13.7. The van der Waals surface area contributed by atoms with Gasteiger partial charge in [-0.2, -0.15) is 0 Å². The van der Waals surface area contributed by atoms with Crippen LogP contribution in [0.4, 0.5) is 0 Å². The smallest absolute Gasteiger partial charge is 0.164 e. The Morgan fingerprint density at radius 3 is 1.53 bits per heavy atom. The molecule has 0 spiro atoms. The Bertz CT molecular complexity index is 2850. The van der Waals surface area contributed by atoms with E-state index in [9.17, 15) is 0 Å². The Kier molecular flexibility index (Phi) is 7.47. The van der Waals surface area contributed by atoms with Crippen LogP contribution in [0.5, 0.6) is 0 Å². The predicted molar refractivity (Wildman–Crippen MR) is 227 cm³/mol. The van der Waals surface area contributed by atoms with Crippen LogP contribution in [-0.2, 0) is 10.8 Å². The first-order chi connectivity index (χ1) is 26.8. The number of hydrogen-bond donors (Lipinski definition) is 0. The molecule has 10 rings (SSSR count). The van der Waals surface area contributed by atoms with E-state index in [1.165, 1.54) is 38.5 Å². The van der Waals surface area contributed by atoms with Gasteiger partial charge in [0.05, 0.1) is 11.0 Å². The van der Waals surface area contributed by atoms with Crippen molar-refractivity contribution in [3.63, 3.8) is 0 Å². The van der Waals surface area contributed by atoms with Gasteiger partial charge in [0.2, 0.25) is 0 Å². The molecule has 2 heterocycles. The average Bonchev–Trinajstić information content (AvgIpc) is 3.57. The minimum atomic E-state index is -0.0971. The number of rotatable bonds is 5. The molecule has 2 aromatic heterocycles. The lowest BCUT2D eigenvalue weighted by Crippen LogP contribution is -2.43. The maximum atomic E-state index is 5.16. The molecular formula is C51H40N4. The Balaban J connectivity index is 1.27. The van der Waals surface area contributed by atoms with Crippen LogP contribution < -0.4 is 0 Å². The van der Waals surface area contributed by atoms with Crippen molar-refractivity contribution < 1.29 is 0 Å². The molecule has 0 unspecified atom stereocenters. The van der Waals surface area contributed by atoms with Crippen molar-refractivity contribution in [2.75, 3.05) is 0 Å². The molecule has 4 nitrogen and oxygen atoms in total. The fraction of sp³-hybridized carbons (Fsp3) is 0.118. The summed E-state index contributed by atoms with van der Waals surface area (Å²) in [7, 11) is 0. The molecule has 7 aromatic carbocycles. The van der Waals surface area contributed by atoms with Crippen molar-refractivity contribution in [3.05, 3.63) is 181 Å². The molecule has 0 radical (unpaired) electrons. The van der Waals surface area contributed by atoms with Crippen LogP contribution in [0.3, 0.4) is 0 Å². The summed E-state index contributed by atoms with van der Waals surface area (Å²) in [4.78, 5) is 15.3. The Morgan fingerprint density at radius 2 is 0.873 bits per heavy atom. The molecule has 1 aliphatic carbocycles. The molecule has 0 N–H and O–H groups in total. The molecule has 0 saturated carbocycles. The van der Waals surface area contributed by atoms with Crippen LogP contribution in [0, 0.1) is 0 Å². The molecule has 0 fully saturated rings. The van der Waals surface area contributed by atoms with Crippen molar-refractivity contribution in [1.29, 1.82) is 0 Å². The molecule has 9 aromatic rings.